The number of nitrogens with zero attached hydrogens (tertiary/aromatic N) is 2. The van der Waals surface area contributed by atoms with Crippen molar-refractivity contribution in [3.8, 4) is 0 Å². The van der Waals surface area contributed by atoms with Crippen LogP contribution in [0.3, 0.4) is 0 Å². The van der Waals surface area contributed by atoms with Gasteiger partial charge < -0.3 is 9.72 Å². The Bertz CT molecular complexity index is 903. The second-order valence-corrected chi connectivity index (χ2v) is 8.33. The second-order valence-electron chi connectivity index (χ2n) is 7.01. The molecule has 2 heterocycles. The number of carbonyl (C=O) groups excluding carboxylic acids is 1. The fraction of sp³-hybridized carbons (Fsp3) is 0.409. The van der Waals surface area contributed by atoms with Crippen molar-refractivity contribution in [1.29, 1.82) is 0 Å². The third-order valence-electron chi connectivity index (χ3n) is 3.84. The molecule has 0 saturated carbocycles. The largest absolute Gasteiger partial charge is 0.388 e. The van der Waals surface area contributed by atoms with Gasteiger partial charge >= 0.3 is 0 Å². The second kappa shape index (κ2) is 12.0. The monoisotopic (exact) mass is 435 g/mol. The fourth-order valence-electron chi connectivity index (χ4n) is 2.43. The van der Waals surface area contributed by atoms with E-state index in [1.165, 1.54) is 11.1 Å². The molecule has 0 saturated heterocycles. The zero-order valence-electron chi connectivity index (χ0n) is 18.2. The van der Waals surface area contributed by atoms with Crippen LogP contribution in [0.2, 0.25) is 5.15 Å². The van der Waals surface area contributed by atoms with Gasteiger partial charge in [-0.1, -0.05) is 82.2 Å². The van der Waals surface area contributed by atoms with Gasteiger partial charge in [-0.05, 0) is 16.5 Å². The number of hydrogen-bond acceptors (Lipinski definition) is 5. The summed E-state index contributed by atoms with van der Waals surface area (Å²) in [5, 5.41) is 0.938. The molecular weight excluding hydrogens is 406 g/mol. The number of methoxy groups -OCH3 is 1. The smallest absolute Gasteiger partial charge is 0.155 e. The standard InChI is InChI=1S/C18H18ClN3OS.C2H6O.C2H6/c1-18(2,3)12-6-4-11(5-7-12)9-24-17-15-14(20-10-21-15)13(8-23)16(19)22-17;1-3-2;1-2/h4-8,10H,9H2,1-3H3,(H,20,21);1-2H3;1-2H3. The average molecular weight is 436 g/mol. The molecule has 0 aliphatic heterocycles. The first-order chi connectivity index (χ1) is 13.8. The van der Waals surface area contributed by atoms with E-state index < -0.39 is 0 Å². The molecule has 1 N–H and O–H groups in total. The summed E-state index contributed by atoms with van der Waals surface area (Å²) in [6, 6.07) is 8.60. The molecule has 5 nitrogen and oxygen atoms in total. The lowest BCUT2D eigenvalue weighted by Crippen LogP contribution is -2.10. The highest BCUT2D eigenvalue weighted by atomic mass is 35.5. The Morgan fingerprint density at radius 1 is 1.17 bits per heavy atom. The van der Waals surface area contributed by atoms with Crippen molar-refractivity contribution < 1.29 is 9.53 Å². The number of imidazole rings is 1. The summed E-state index contributed by atoms with van der Waals surface area (Å²) >= 11 is 7.68. The van der Waals surface area contributed by atoms with Gasteiger partial charge in [0.25, 0.3) is 0 Å². The van der Waals surface area contributed by atoms with Crippen molar-refractivity contribution in [3.05, 3.63) is 52.4 Å². The lowest BCUT2D eigenvalue weighted by molar-refractivity contribution is 0.112. The summed E-state index contributed by atoms with van der Waals surface area (Å²) in [4.78, 5) is 22.7. The van der Waals surface area contributed by atoms with Crippen LogP contribution in [0.25, 0.3) is 11.0 Å². The van der Waals surface area contributed by atoms with Crippen molar-refractivity contribution in [2.24, 2.45) is 0 Å². The molecule has 0 spiro atoms. The molecule has 0 amide bonds. The topological polar surface area (TPSA) is 67.9 Å². The number of nitrogens with one attached hydrogen (secondary N) is 1. The highest BCUT2D eigenvalue weighted by Gasteiger charge is 2.16. The molecule has 0 radical (unpaired) electrons. The Hall–Kier alpha value is -1.89. The molecule has 29 heavy (non-hydrogen) atoms. The third kappa shape index (κ3) is 6.84. The Labute approximate surface area is 182 Å². The minimum atomic E-state index is 0.146. The number of benzene rings is 1. The number of thioether (sulfide) groups is 1. The van der Waals surface area contributed by atoms with E-state index in [4.69, 9.17) is 11.6 Å². The maximum atomic E-state index is 11.2. The number of aldehydes is 1. The van der Waals surface area contributed by atoms with Crippen LogP contribution < -0.4 is 0 Å². The summed E-state index contributed by atoms with van der Waals surface area (Å²) in [6.07, 6.45) is 2.25. The van der Waals surface area contributed by atoms with Gasteiger partial charge in [0.15, 0.2) is 6.29 Å². The molecule has 3 aromatic rings. The van der Waals surface area contributed by atoms with Gasteiger partial charge in [-0.2, -0.15) is 0 Å². The van der Waals surface area contributed by atoms with E-state index in [0.29, 0.717) is 17.4 Å². The van der Waals surface area contributed by atoms with E-state index in [1.807, 2.05) is 13.8 Å². The van der Waals surface area contributed by atoms with E-state index in [-0.39, 0.29) is 10.6 Å². The van der Waals surface area contributed by atoms with Gasteiger partial charge in [-0.3, -0.25) is 4.79 Å². The van der Waals surface area contributed by atoms with Crippen LogP contribution in [0.15, 0.2) is 35.6 Å². The maximum absolute atomic E-state index is 11.2. The Morgan fingerprint density at radius 3 is 2.28 bits per heavy atom. The molecule has 158 valence electrons. The zero-order chi connectivity index (χ0) is 22.0. The molecule has 0 aliphatic rings. The number of pyridine rings is 1. The van der Waals surface area contributed by atoms with Crippen LogP contribution in [0.4, 0.5) is 0 Å². The number of carbonyl (C=O) groups is 1. The number of rotatable bonds is 4. The number of hydrogen-bond donors (Lipinski definition) is 1. The summed E-state index contributed by atoms with van der Waals surface area (Å²) in [5.74, 6) is 0.766. The Balaban J connectivity index is 0.000000771. The summed E-state index contributed by atoms with van der Waals surface area (Å²) in [7, 11) is 3.25. The molecule has 0 aliphatic carbocycles. The van der Waals surface area contributed by atoms with E-state index in [2.05, 4.69) is 64.7 Å². The molecule has 0 bridgehead atoms. The first-order valence-electron chi connectivity index (χ1n) is 9.42. The number of halogens is 1. The van der Waals surface area contributed by atoms with Crippen LogP contribution in [0.5, 0.6) is 0 Å². The van der Waals surface area contributed by atoms with Crippen molar-refractivity contribution in [2.75, 3.05) is 14.2 Å². The molecule has 7 heteroatoms. The summed E-state index contributed by atoms with van der Waals surface area (Å²) in [5.41, 5.74) is 4.30. The van der Waals surface area contributed by atoms with Crippen molar-refractivity contribution in [3.63, 3.8) is 0 Å². The predicted molar refractivity (Wildman–Crippen MR) is 123 cm³/mol. The molecule has 3 rings (SSSR count). The quantitative estimate of drug-likeness (QED) is 0.295. The Morgan fingerprint density at radius 2 is 1.76 bits per heavy atom. The van der Waals surface area contributed by atoms with Crippen molar-refractivity contribution in [2.45, 2.75) is 50.8 Å². The number of H-pyrrole nitrogens is 1. The molecule has 2 aromatic heterocycles. The van der Waals surface area contributed by atoms with Crippen LogP contribution >= 0.6 is 23.4 Å². The van der Waals surface area contributed by atoms with Gasteiger partial charge in [-0.25, -0.2) is 9.97 Å². The minimum absolute atomic E-state index is 0.146. The van der Waals surface area contributed by atoms with E-state index in [1.54, 1.807) is 32.3 Å². The van der Waals surface area contributed by atoms with Crippen LogP contribution in [-0.2, 0) is 15.9 Å². The lowest BCUT2D eigenvalue weighted by Gasteiger charge is -2.19. The molecule has 0 unspecified atom stereocenters. The third-order valence-corrected chi connectivity index (χ3v) is 5.18. The normalized spacial score (nSPS) is 10.6. The van der Waals surface area contributed by atoms with Crippen LogP contribution in [-0.4, -0.2) is 35.5 Å². The molecular formula is C22H30ClN3O2S. The van der Waals surface area contributed by atoms with Crippen LogP contribution in [0.1, 0.15) is 56.1 Å². The average Bonchev–Trinajstić information content (AvgIpc) is 3.18. The number of aromatic nitrogens is 3. The zero-order valence-corrected chi connectivity index (χ0v) is 19.7. The number of fused-ring (bicyclic) bond motifs is 1. The lowest BCUT2D eigenvalue weighted by atomic mass is 9.87. The Kier molecular flexibility index (Phi) is 10.4. The van der Waals surface area contributed by atoms with Gasteiger partial charge in [0.2, 0.25) is 0 Å². The molecule has 0 fully saturated rings. The number of aromatic amines is 1. The van der Waals surface area contributed by atoms with Gasteiger partial charge in [0.05, 0.1) is 17.4 Å². The van der Waals surface area contributed by atoms with Gasteiger partial charge in [-0.15, -0.1) is 0 Å². The van der Waals surface area contributed by atoms with E-state index in [0.717, 1.165) is 16.3 Å². The fourth-order valence-corrected chi connectivity index (χ4v) is 3.65. The first kappa shape index (κ1) is 25.1. The SMILES string of the molecule is CC.CC(C)(C)c1ccc(CSc2nc(Cl)c(C=O)c3nc[nH]c23)cc1.COC. The molecule has 1 aromatic carbocycles. The summed E-state index contributed by atoms with van der Waals surface area (Å²) < 4.78 is 4.25. The number of ether oxygens (including phenoxy) is 1. The molecule has 0 atom stereocenters. The van der Waals surface area contributed by atoms with Crippen LogP contribution in [0, 0.1) is 0 Å². The van der Waals surface area contributed by atoms with Crippen molar-refractivity contribution in [1.82, 2.24) is 15.0 Å². The summed E-state index contributed by atoms with van der Waals surface area (Å²) in [6.45, 7) is 10.6. The van der Waals surface area contributed by atoms with E-state index in [9.17, 15) is 4.79 Å². The maximum Gasteiger partial charge on any atom is 0.155 e. The predicted octanol–water partition coefficient (Wildman–Crippen LogP) is 6.30. The highest BCUT2D eigenvalue weighted by molar-refractivity contribution is 7.98. The van der Waals surface area contributed by atoms with E-state index >= 15 is 0 Å². The van der Waals surface area contributed by atoms with Gasteiger partial charge in [0.1, 0.15) is 15.7 Å². The first-order valence-corrected chi connectivity index (χ1v) is 10.8. The minimum Gasteiger partial charge on any atom is -0.388 e. The highest BCUT2D eigenvalue weighted by Crippen LogP contribution is 2.31. The van der Waals surface area contributed by atoms with Gasteiger partial charge in [0, 0.05) is 20.0 Å². The van der Waals surface area contributed by atoms with Crippen molar-refractivity contribution >= 4 is 40.7 Å².